The Bertz CT molecular complexity index is 78.2. The molecule has 102 valence electrons. The Kier molecular flexibility index (Phi) is 66.6. The van der Waals surface area contributed by atoms with Crippen molar-refractivity contribution in [3.8, 4) is 0 Å². The Morgan fingerprint density at radius 3 is 1.41 bits per heavy atom. The number of hydrogen-bond donors (Lipinski definition) is 0. The molecule has 0 saturated heterocycles. The summed E-state index contributed by atoms with van der Waals surface area (Å²) < 4.78 is 0. The quantitative estimate of drug-likeness (QED) is 0.311. The van der Waals surface area contributed by atoms with Crippen LogP contribution in [0.15, 0.2) is 0 Å². The van der Waals surface area contributed by atoms with Crippen molar-refractivity contribution < 1.29 is 37.2 Å². The van der Waals surface area contributed by atoms with Crippen LogP contribution in [0.5, 0.6) is 0 Å². The Hall–Kier alpha value is 1.93. The molecular formula is C12H27Al2Cl3. The summed E-state index contributed by atoms with van der Waals surface area (Å²) in [6, 6.07) is 0. The van der Waals surface area contributed by atoms with Crippen LogP contribution in [0.3, 0.4) is 0 Å². The van der Waals surface area contributed by atoms with Crippen LogP contribution in [-0.2, 0) is 0 Å². The molecule has 0 aromatic heterocycles. The van der Waals surface area contributed by atoms with Crippen LogP contribution in [0.25, 0.3) is 0 Å². The molecule has 0 aliphatic carbocycles. The normalized spacial score (nSPS) is 7.35. The molecule has 0 atom stereocenters. The number of unbranched alkanes of at least 4 members (excludes halogenated alkanes) is 5. The second-order valence-electron chi connectivity index (χ2n) is 3.66. The third-order valence-corrected chi connectivity index (χ3v) is 3.70. The van der Waals surface area contributed by atoms with Crippen molar-refractivity contribution in [3.05, 3.63) is 0 Å². The fraction of sp³-hybridized carbons (Fsp3) is 1.00. The Morgan fingerprint density at radius 2 is 1.12 bits per heavy atom. The second kappa shape index (κ2) is 36.1. The summed E-state index contributed by atoms with van der Waals surface area (Å²) in [7, 11) is 0. The van der Waals surface area contributed by atoms with Crippen LogP contribution >= 0.6 is 0 Å². The minimum absolute atomic E-state index is 0. The van der Waals surface area contributed by atoms with E-state index in [1.54, 1.807) is 0 Å². The molecule has 0 N–H and O–H groups in total. The van der Waals surface area contributed by atoms with Gasteiger partial charge in [0.05, 0.1) is 0 Å². The average molecular weight is 332 g/mol. The minimum atomic E-state index is 0. The number of rotatable bonds is 8. The molecule has 5 heteroatoms. The van der Waals surface area contributed by atoms with Gasteiger partial charge < -0.3 is 37.2 Å². The van der Waals surface area contributed by atoms with E-state index < -0.39 is 0 Å². The second-order valence-corrected chi connectivity index (χ2v) is 6.45. The molecule has 0 saturated carbocycles. The SMILES string of the molecule is CCCCCCC[CH2][Al+2].C[CH2][Al+][CH2]C.[Cl-].[Cl-].[Cl-]. The van der Waals surface area contributed by atoms with Gasteiger partial charge in [-0.05, 0) is 0 Å². The van der Waals surface area contributed by atoms with Gasteiger partial charge in [-0.3, -0.25) is 0 Å². The van der Waals surface area contributed by atoms with E-state index in [1.165, 1.54) is 54.4 Å². The molecule has 0 amide bonds. The van der Waals surface area contributed by atoms with Crippen molar-refractivity contribution >= 4 is 31.5 Å². The van der Waals surface area contributed by atoms with E-state index in [-0.39, 0.29) is 37.2 Å². The molecule has 0 spiro atoms. The van der Waals surface area contributed by atoms with Crippen molar-refractivity contribution in [1.82, 2.24) is 0 Å². The Labute approximate surface area is 143 Å². The summed E-state index contributed by atoms with van der Waals surface area (Å²) in [4.78, 5) is 0. The predicted octanol–water partition coefficient (Wildman–Crippen LogP) is -4.49. The van der Waals surface area contributed by atoms with E-state index in [1.807, 2.05) is 0 Å². The predicted molar refractivity (Wildman–Crippen MR) is 70.7 cm³/mol. The molecule has 0 aliphatic rings. The first-order valence-corrected chi connectivity index (χ1v) is 8.80. The maximum Gasteiger partial charge on any atom is -1.00 e. The Morgan fingerprint density at radius 1 is 0.706 bits per heavy atom. The zero-order valence-corrected chi connectivity index (χ0v) is 16.2. The van der Waals surface area contributed by atoms with E-state index in [2.05, 4.69) is 37.1 Å². The maximum atomic E-state index is 2.78. The van der Waals surface area contributed by atoms with Gasteiger partial charge in [0.25, 0.3) is 0 Å². The smallest absolute Gasteiger partial charge is 1.00 e. The fourth-order valence-corrected chi connectivity index (χ4v) is 2.08. The summed E-state index contributed by atoms with van der Waals surface area (Å²) in [5, 5.41) is 4.14. The summed E-state index contributed by atoms with van der Waals surface area (Å²) in [5.74, 6) is 0. The van der Waals surface area contributed by atoms with Gasteiger partial charge in [0, 0.05) is 0 Å². The Balaban J connectivity index is -0.0000000533. The molecule has 0 rings (SSSR count). The van der Waals surface area contributed by atoms with Gasteiger partial charge in [0.1, 0.15) is 0 Å². The van der Waals surface area contributed by atoms with Crippen LogP contribution in [-0.4, -0.2) is 31.5 Å². The van der Waals surface area contributed by atoms with Crippen molar-refractivity contribution in [2.45, 2.75) is 75.1 Å². The maximum absolute atomic E-state index is 2.78. The van der Waals surface area contributed by atoms with E-state index >= 15 is 0 Å². The van der Waals surface area contributed by atoms with Crippen molar-refractivity contribution in [1.29, 1.82) is 0 Å². The van der Waals surface area contributed by atoms with Gasteiger partial charge in [0.15, 0.2) is 0 Å². The van der Waals surface area contributed by atoms with Crippen molar-refractivity contribution in [2.24, 2.45) is 0 Å². The van der Waals surface area contributed by atoms with Gasteiger partial charge >= 0.3 is 107 Å². The molecule has 0 unspecified atom stereocenters. The summed E-state index contributed by atoms with van der Waals surface area (Å²) in [6.07, 6.45) is 8.51. The monoisotopic (exact) mass is 330 g/mol. The van der Waals surface area contributed by atoms with E-state index in [9.17, 15) is 0 Å². The van der Waals surface area contributed by atoms with Crippen LogP contribution in [0.1, 0.15) is 59.3 Å². The first kappa shape index (κ1) is 31.4. The fourth-order valence-electron chi connectivity index (χ4n) is 1.21. The zero-order chi connectivity index (χ0) is 11.1. The van der Waals surface area contributed by atoms with E-state index in [4.69, 9.17) is 0 Å². The molecular weight excluding hydrogens is 304 g/mol. The van der Waals surface area contributed by atoms with Crippen LogP contribution in [0.4, 0.5) is 0 Å². The minimum Gasteiger partial charge on any atom is -1.00 e. The molecule has 0 bridgehead atoms. The summed E-state index contributed by atoms with van der Waals surface area (Å²) >= 11 is 3.59. The number of halogens is 3. The summed E-state index contributed by atoms with van der Waals surface area (Å²) in [6.45, 7) is 6.76. The topological polar surface area (TPSA) is 0 Å². The summed E-state index contributed by atoms with van der Waals surface area (Å²) in [5.41, 5.74) is 0. The first-order chi connectivity index (χ1) is 6.83. The van der Waals surface area contributed by atoms with E-state index in [0.717, 1.165) is 15.2 Å². The standard InChI is InChI=1S/C8H17.2C2H5.2Al.3ClH/c1-3-5-7-8-6-4-2;2*1-2;;;;;/h1,3-8H2,2H3;2*1H2,2H3;;;3*1H/q;;;+1;+2;;;/p-3. The first-order valence-electron chi connectivity index (χ1n) is 6.35. The van der Waals surface area contributed by atoms with Gasteiger partial charge in [-0.1, -0.05) is 0 Å². The van der Waals surface area contributed by atoms with Crippen molar-refractivity contribution in [3.63, 3.8) is 0 Å². The third kappa shape index (κ3) is 46.1. The van der Waals surface area contributed by atoms with E-state index in [0.29, 0.717) is 0 Å². The third-order valence-electron chi connectivity index (χ3n) is 2.14. The van der Waals surface area contributed by atoms with Gasteiger partial charge in [-0.2, -0.15) is 0 Å². The zero-order valence-electron chi connectivity index (χ0n) is 11.7. The molecule has 0 aromatic carbocycles. The van der Waals surface area contributed by atoms with Crippen molar-refractivity contribution in [2.75, 3.05) is 0 Å². The van der Waals surface area contributed by atoms with Crippen LogP contribution in [0, 0.1) is 0 Å². The van der Waals surface area contributed by atoms with Gasteiger partial charge in [-0.25, -0.2) is 0 Å². The molecule has 17 heavy (non-hydrogen) atoms. The molecule has 0 radical (unpaired) electrons. The molecule has 0 aromatic rings. The van der Waals surface area contributed by atoms with Gasteiger partial charge in [-0.15, -0.1) is 0 Å². The number of hydrogen-bond acceptors (Lipinski definition) is 0. The largest absolute Gasteiger partial charge is 1.00 e. The molecule has 0 aliphatic heterocycles. The molecule has 0 heterocycles. The van der Waals surface area contributed by atoms with Crippen LogP contribution in [0.2, 0.25) is 15.8 Å². The van der Waals surface area contributed by atoms with Gasteiger partial charge in [0.2, 0.25) is 0 Å². The molecule has 0 nitrogen and oxygen atoms in total. The van der Waals surface area contributed by atoms with Crippen LogP contribution < -0.4 is 37.2 Å². The average Bonchev–Trinajstić information content (AvgIpc) is 2.20. The molecule has 0 fully saturated rings.